The van der Waals surface area contributed by atoms with Gasteiger partial charge in [-0.05, 0) is 43.5 Å². The summed E-state index contributed by atoms with van der Waals surface area (Å²) in [5.41, 5.74) is 1.10. The van der Waals surface area contributed by atoms with E-state index in [-0.39, 0.29) is 17.6 Å². The predicted octanol–water partition coefficient (Wildman–Crippen LogP) is 8.41. The SMILES string of the molecule is CCCCCCCCCCCCCCCCS(=O)(=O)Nc1ccc(N2N=C(OCCC)C(CCC)C2=O)cc1. The van der Waals surface area contributed by atoms with Crippen LogP contribution in [0.3, 0.4) is 0 Å². The molecule has 1 aliphatic rings. The topological polar surface area (TPSA) is 88.1 Å². The van der Waals surface area contributed by atoms with E-state index in [9.17, 15) is 13.2 Å². The Morgan fingerprint density at radius 2 is 1.31 bits per heavy atom. The molecule has 1 amide bonds. The molecule has 1 unspecified atom stereocenters. The molecule has 222 valence electrons. The van der Waals surface area contributed by atoms with Crippen molar-refractivity contribution in [3.8, 4) is 0 Å². The molecule has 1 N–H and O–H groups in total. The summed E-state index contributed by atoms with van der Waals surface area (Å²) < 4.78 is 33.5. The first-order chi connectivity index (χ1) is 18.9. The van der Waals surface area contributed by atoms with Gasteiger partial charge < -0.3 is 4.74 Å². The molecule has 0 aromatic heterocycles. The number of hydrogen-bond donors (Lipinski definition) is 1. The molecule has 8 heteroatoms. The molecule has 1 heterocycles. The molecule has 1 aromatic carbocycles. The average molecular weight is 564 g/mol. The minimum atomic E-state index is -3.41. The van der Waals surface area contributed by atoms with Crippen LogP contribution in [-0.2, 0) is 19.6 Å². The Labute approximate surface area is 238 Å². The fraction of sp³-hybridized carbons (Fsp3) is 0.742. The average Bonchev–Trinajstić information content (AvgIpc) is 3.23. The molecule has 0 fully saturated rings. The summed E-state index contributed by atoms with van der Waals surface area (Å²) in [7, 11) is -3.41. The summed E-state index contributed by atoms with van der Waals surface area (Å²) in [6.45, 7) is 6.84. The summed E-state index contributed by atoms with van der Waals surface area (Å²) in [5.74, 6) is 0.138. The van der Waals surface area contributed by atoms with Gasteiger partial charge in [0, 0.05) is 5.69 Å². The predicted molar refractivity (Wildman–Crippen MR) is 164 cm³/mol. The lowest BCUT2D eigenvalue weighted by molar-refractivity contribution is -0.120. The van der Waals surface area contributed by atoms with Crippen LogP contribution in [0.4, 0.5) is 11.4 Å². The van der Waals surface area contributed by atoms with E-state index >= 15 is 0 Å². The number of nitrogens with zero attached hydrogens (tertiary/aromatic N) is 2. The fourth-order valence-electron chi connectivity index (χ4n) is 4.92. The zero-order valence-electron chi connectivity index (χ0n) is 24.8. The van der Waals surface area contributed by atoms with Crippen molar-refractivity contribution in [1.29, 1.82) is 0 Å². The smallest absolute Gasteiger partial charge is 0.260 e. The standard InChI is InChI=1S/C31H53N3O4S/c1-4-7-8-9-10-11-12-13-14-15-16-17-18-19-26-39(36,37)33-27-21-23-28(24-22-27)34-31(35)29(20-5-2)30(32-34)38-25-6-3/h21-24,29,33H,4-20,25-26H2,1-3H3. The minimum Gasteiger partial charge on any atom is -0.479 e. The van der Waals surface area contributed by atoms with Crippen molar-refractivity contribution < 1.29 is 17.9 Å². The number of anilines is 2. The molecule has 7 nitrogen and oxygen atoms in total. The maximum absolute atomic E-state index is 12.9. The first-order valence-corrected chi connectivity index (χ1v) is 17.2. The molecule has 0 bridgehead atoms. The molecule has 0 radical (unpaired) electrons. The Bertz CT molecular complexity index is 947. The van der Waals surface area contributed by atoms with E-state index in [4.69, 9.17) is 4.74 Å². The Balaban J connectivity index is 1.65. The molecule has 1 aromatic rings. The van der Waals surface area contributed by atoms with Crippen LogP contribution < -0.4 is 9.73 Å². The van der Waals surface area contributed by atoms with Crippen LogP contribution in [0.1, 0.15) is 130 Å². The van der Waals surface area contributed by atoms with Gasteiger partial charge in [-0.3, -0.25) is 9.52 Å². The van der Waals surface area contributed by atoms with Gasteiger partial charge in [-0.25, -0.2) is 8.42 Å². The molecule has 2 rings (SSSR count). The van der Waals surface area contributed by atoms with Crippen molar-refractivity contribution in [1.82, 2.24) is 0 Å². The van der Waals surface area contributed by atoms with E-state index in [0.717, 1.165) is 25.7 Å². The quantitative estimate of drug-likeness (QED) is 0.143. The molecule has 39 heavy (non-hydrogen) atoms. The zero-order chi connectivity index (χ0) is 28.3. The molecule has 0 saturated heterocycles. The lowest BCUT2D eigenvalue weighted by atomic mass is 10.0. The molecule has 0 aliphatic carbocycles. The second-order valence-electron chi connectivity index (χ2n) is 10.8. The number of hydrazone groups is 1. The van der Waals surface area contributed by atoms with Crippen LogP contribution in [0.15, 0.2) is 29.4 Å². The normalized spacial score (nSPS) is 15.6. The summed E-state index contributed by atoms with van der Waals surface area (Å²) in [6, 6.07) is 6.80. The van der Waals surface area contributed by atoms with Gasteiger partial charge in [-0.15, -0.1) is 5.10 Å². The van der Waals surface area contributed by atoms with Gasteiger partial charge in [0.2, 0.25) is 15.9 Å². The second kappa shape index (κ2) is 19.1. The number of rotatable bonds is 22. The van der Waals surface area contributed by atoms with Crippen LogP contribution in [0.25, 0.3) is 0 Å². The molecular formula is C31H53N3O4S. The lowest BCUT2D eigenvalue weighted by Crippen LogP contribution is -2.28. The highest BCUT2D eigenvalue weighted by Crippen LogP contribution is 2.28. The summed E-state index contributed by atoms with van der Waals surface area (Å²) in [5, 5.41) is 5.80. The van der Waals surface area contributed by atoms with Gasteiger partial charge >= 0.3 is 0 Å². The second-order valence-corrected chi connectivity index (χ2v) is 12.7. The highest BCUT2D eigenvalue weighted by atomic mass is 32.2. The van der Waals surface area contributed by atoms with Crippen molar-refractivity contribution in [3.05, 3.63) is 24.3 Å². The highest BCUT2D eigenvalue weighted by molar-refractivity contribution is 7.92. The van der Waals surface area contributed by atoms with Gasteiger partial charge in [0.1, 0.15) is 5.92 Å². The van der Waals surface area contributed by atoms with Gasteiger partial charge in [-0.1, -0.05) is 111 Å². The summed E-state index contributed by atoms with van der Waals surface area (Å²) in [6.07, 6.45) is 19.7. The molecule has 0 spiro atoms. The van der Waals surface area contributed by atoms with E-state index < -0.39 is 10.0 Å². The van der Waals surface area contributed by atoms with E-state index in [1.165, 1.54) is 75.6 Å². The lowest BCUT2D eigenvalue weighted by Gasteiger charge is -2.14. The third-order valence-electron chi connectivity index (χ3n) is 7.19. The van der Waals surface area contributed by atoms with Crippen LogP contribution in [0.5, 0.6) is 0 Å². The van der Waals surface area contributed by atoms with Crippen molar-refractivity contribution in [2.24, 2.45) is 11.0 Å². The van der Waals surface area contributed by atoms with Crippen LogP contribution in [-0.4, -0.2) is 32.6 Å². The van der Waals surface area contributed by atoms with E-state index in [1.807, 2.05) is 13.8 Å². The first kappa shape index (κ1) is 33.1. The number of carbonyl (C=O) groups excluding carboxylic acids is 1. The molecule has 1 atom stereocenters. The number of ether oxygens (including phenoxy) is 1. The van der Waals surface area contributed by atoms with Crippen LogP contribution in [0.2, 0.25) is 0 Å². The van der Waals surface area contributed by atoms with Crippen LogP contribution >= 0.6 is 0 Å². The number of amides is 1. The van der Waals surface area contributed by atoms with Gasteiger partial charge in [0.15, 0.2) is 0 Å². The Kier molecular flexibility index (Phi) is 16.2. The number of hydrogen-bond acceptors (Lipinski definition) is 5. The number of nitrogens with one attached hydrogen (secondary N) is 1. The summed E-state index contributed by atoms with van der Waals surface area (Å²) >= 11 is 0. The van der Waals surface area contributed by atoms with E-state index in [2.05, 4.69) is 16.7 Å². The van der Waals surface area contributed by atoms with Gasteiger partial charge in [-0.2, -0.15) is 5.01 Å². The van der Waals surface area contributed by atoms with E-state index in [1.54, 1.807) is 24.3 Å². The number of carbonyl (C=O) groups is 1. The van der Waals surface area contributed by atoms with Crippen molar-refractivity contribution in [2.75, 3.05) is 22.1 Å². The maximum Gasteiger partial charge on any atom is 0.260 e. The van der Waals surface area contributed by atoms with Gasteiger partial charge in [0.05, 0.1) is 18.0 Å². The third kappa shape index (κ3) is 12.7. The third-order valence-corrected chi connectivity index (χ3v) is 8.56. The van der Waals surface area contributed by atoms with Crippen molar-refractivity contribution in [3.63, 3.8) is 0 Å². The van der Waals surface area contributed by atoms with E-state index in [0.29, 0.717) is 36.7 Å². The minimum absolute atomic E-state index is 0.103. The fourth-order valence-corrected chi connectivity index (χ4v) is 6.10. The largest absolute Gasteiger partial charge is 0.479 e. The molecule has 1 aliphatic heterocycles. The van der Waals surface area contributed by atoms with Gasteiger partial charge in [0.25, 0.3) is 5.91 Å². The monoisotopic (exact) mass is 563 g/mol. The first-order valence-electron chi connectivity index (χ1n) is 15.6. The highest BCUT2D eigenvalue weighted by Gasteiger charge is 2.37. The number of sulfonamides is 1. The summed E-state index contributed by atoms with van der Waals surface area (Å²) in [4.78, 5) is 12.9. The van der Waals surface area contributed by atoms with Crippen LogP contribution in [0, 0.1) is 5.92 Å². The Morgan fingerprint density at radius 1 is 0.769 bits per heavy atom. The Morgan fingerprint density at radius 3 is 1.82 bits per heavy atom. The maximum atomic E-state index is 12.9. The van der Waals surface area contributed by atoms with Crippen molar-refractivity contribution >= 4 is 33.2 Å². The number of unbranched alkanes of at least 4 members (excludes halogenated alkanes) is 13. The zero-order valence-corrected chi connectivity index (χ0v) is 25.6. The number of benzene rings is 1. The molecule has 0 saturated carbocycles. The van der Waals surface area contributed by atoms with Crippen molar-refractivity contribution in [2.45, 2.75) is 130 Å². The molecular weight excluding hydrogens is 510 g/mol. The Hall–Kier alpha value is -2.09.